The summed E-state index contributed by atoms with van der Waals surface area (Å²) in [5.41, 5.74) is 3.22. The Morgan fingerprint density at radius 2 is 1.79 bits per heavy atom. The second kappa shape index (κ2) is 10.9. The van der Waals surface area contributed by atoms with Crippen LogP contribution in [0.25, 0.3) is 0 Å². The second-order valence-corrected chi connectivity index (χ2v) is 7.83. The fourth-order valence-corrected chi connectivity index (χ4v) is 3.74. The summed E-state index contributed by atoms with van der Waals surface area (Å²) in [7, 11) is 3.11. The third kappa shape index (κ3) is 5.77. The summed E-state index contributed by atoms with van der Waals surface area (Å²) in [6, 6.07) is 17.1. The van der Waals surface area contributed by atoms with Gasteiger partial charge < -0.3 is 29.2 Å². The van der Waals surface area contributed by atoms with Crippen LogP contribution in [0.1, 0.15) is 16.7 Å². The molecule has 34 heavy (non-hydrogen) atoms. The Labute approximate surface area is 198 Å². The maximum atomic E-state index is 13.3. The molecule has 0 spiro atoms. The molecule has 1 heterocycles. The fourth-order valence-electron chi connectivity index (χ4n) is 3.74. The highest BCUT2D eigenvalue weighted by molar-refractivity contribution is 5.89. The molecule has 0 fully saturated rings. The van der Waals surface area contributed by atoms with Crippen LogP contribution in [0.3, 0.4) is 0 Å². The maximum absolute atomic E-state index is 13.3. The van der Waals surface area contributed by atoms with Crippen LogP contribution in [0.4, 0.5) is 14.9 Å². The second-order valence-electron chi connectivity index (χ2n) is 7.83. The summed E-state index contributed by atoms with van der Waals surface area (Å²) in [6.45, 7) is 1.90. The van der Waals surface area contributed by atoms with Gasteiger partial charge in [-0.25, -0.2) is 9.18 Å². The van der Waals surface area contributed by atoms with Crippen molar-refractivity contribution in [3.8, 4) is 17.2 Å². The van der Waals surface area contributed by atoms with Gasteiger partial charge >= 0.3 is 6.03 Å². The number of anilines is 1. The molecule has 0 aromatic heterocycles. The summed E-state index contributed by atoms with van der Waals surface area (Å²) < 4.78 is 35.5. The van der Waals surface area contributed by atoms with Crippen molar-refractivity contribution in [2.75, 3.05) is 32.7 Å². The average Bonchev–Trinajstić information content (AvgIpc) is 3.06. The molecular weight excluding hydrogens is 439 g/mol. The zero-order valence-corrected chi connectivity index (χ0v) is 19.2. The third-order valence-electron chi connectivity index (χ3n) is 5.45. The lowest BCUT2D eigenvalue weighted by molar-refractivity contribution is 0.107. The number of benzene rings is 3. The summed E-state index contributed by atoms with van der Waals surface area (Å²) >= 11 is 0. The molecule has 7 nitrogen and oxygen atoms in total. The number of ether oxygens (including phenoxy) is 4. The highest BCUT2D eigenvalue weighted by atomic mass is 19.1. The minimum absolute atomic E-state index is 0.239. The van der Waals surface area contributed by atoms with E-state index in [1.54, 1.807) is 43.4 Å². The molecule has 2 amide bonds. The van der Waals surface area contributed by atoms with E-state index in [2.05, 4.69) is 5.32 Å². The molecule has 3 aromatic rings. The number of rotatable bonds is 7. The summed E-state index contributed by atoms with van der Waals surface area (Å²) in [5.74, 6) is 1.59. The van der Waals surface area contributed by atoms with Crippen molar-refractivity contribution in [3.05, 3.63) is 83.2 Å². The number of carbonyl (C=O) groups excluding carboxylic acids is 1. The minimum Gasteiger partial charge on any atom is -0.493 e. The molecule has 0 saturated carbocycles. The van der Waals surface area contributed by atoms with E-state index in [1.165, 1.54) is 12.1 Å². The van der Waals surface area contributed by atoms with Crippen molar-refractivity contribution >= 4 is 11.7 Å². The minimum atomic E-state index is -0.283. The number of methoxy groups -OCH3 is 2. The first kappa shape index (κ1) is 23.4. The van der Waals surface area contributed by atoms with Crippen molar-refractivity contribution in [2.24, 2.45) is 0 Å². The Morgan fingerprint density at radius 1 is 1.00 bits per heavy atom. The molecule has 8 heteroatoms. The number of carbonyl (C=O) groups is 1. The quantitative estimate of drug-likeness (QED) is 0.532. The summed E-state index contributed by atoms with van der Waals surface area (Å²) in [4.78, 5) is 14.7. The van der Waals surface area contributed by atoms with Crippen molar-refractivity contribution in [1.29, 1.82) is 0 Å². The van der Waals surface area contributed by atoms with Crippen LogP contribution in [0.15, 0.2) is 60.7 Å². The van der Waals surface area contributed by atoms with Crippen LogP contribution >= 0.6 is 0 Å². The Kier molecular flexibility index (Phi) is 7.49. The van der Waals surface area contributed by atoms with Crippen molar-refractivity contribution in [2.45, 2.75) is 19.8 Å². The van der Waals surface area contributed by atoms with Gasteiger partial charge in [0, 0.05) is 17.3 Å². The molecule has 0 aliphatic carbocycles. The Bertz CT molecular complexity index is 1150. The van der Waals surface area contributed by atoms with Crippen LogP contribution in [-0.4, -0.2) is 38.3 Å². The van der Waals surface area contributed by atoms with Crippen molar-refractivity contribution in [3.63, 3.8) is 0 Å². The molecule has 1 N–H and O–H groups in total. The lowest BCUT2D eigenvalue weighted by Gasteiger charge is -2.21. The number of hydrogen-bond donors (Lipinski definition) is 1. The van der Waals surface area contributed by atoms with Crippen LogP contribution in [-0.2, 0) is 24.5 Å². The Balaban J connectivity index is 1.40. The molecule has 0 saturated heterocycles. The predicted octanol–water partition coefficient (Wildman–Crippen LogP) is 4.99. The van der Waals surface area contributed by atoms with E-state index >= 15 is 0 Å². The Hall–Kier alpha value is -3.78. The van der Waals surface area contributed by atoms with Gasteiger partial charge in [0.2, 0.25) is 0 Å². The van der Waals surface area contributed by atoms with Crippen LogP contribution in [0.2, 0.25) is 0 Å². The van der Waals surface area contributed by atoms with Gasteiger partial charge in [0.1, 0.15) is 18.2 Å². The van der Waals surface area contributed by atoms with Gasteiger partial charge in [0.25, 0.3) is 0 Å². The molecular formula is C26H27FN2O5. The molecule has 1 aliphatic heterocycles. The molecule has 3 aromatic carbocycles. The molecule has 0 bridgehead atoms. The monoisotopic (exact) mass is 466 g/mol. The zero-order chi connectivity index (χ0) is 23.9. The first-order valence-electron chi connectivity index (χ1n) is 10.9. The van der Waals surface area contributed by atoms with Gasteiger partial charge in [-0.2, -0.15) is 0 Å². The molecule has 0 atom stereocenters. The lowest BCUT2D eigenvalue weighted by Crippen LogP contribution is -2.36. The summed E-state index contributed by atoms with van der Waals surface area (Å²) in [5, 5.41) is 2.91. The first-order valence-corrected chi connectivity index (χ1v) is 10.9. The number of halogens is 1. The molecule has 0 unspecified atom stereocenters. The largest absolute Gasteiger partial charge is 0.493 e. The SMILES string of the molecule is COc1ccc(NC(=O)N2CCOc3ccc(COCc4cccc(F)c4)cc3C2)cc1OC. The van der Waals surface area contributed by atoms with Gasteiger partial charge in [-0.15, -0.1) is 0 Å². The van der Waals surface area contributed by atoms with E-state index in [4.69, 9.17) is 18.9 Å². The maximum Gasteiger partial charge on any atom is 0.322 e. The fraction of sp³-hybridized carbons (Fsp3) is 0.269. The lowest BCUT2D eigenvalue weighted by atomic mass is 10.1. The molecule has 4 rings (SSSR count). The van der Waals surface area contributed by atoms with E-state index in [9.17, 15) is 9.18 Å². The first-order chi connectivity index (χ1) is 16.6. The number of nitrogens with zero attached hydrogens (tertiary/aromatic N) is 1. The highest BCUT2D eigenvalue weighted by Crippen LogP contribution is 2.30. The standard InChI is InChI=1S/C26H27FN2O5/c1-31-24-9-7-22(14-25(24)32-2)28-26(30)29-10-11-34-23-8-6-19(12-20(23)15-29)17-33-16-18-4-3-5-21(27)13-18/h3-9,12-14H,10-11,15-17H2,1-2H3,(H,28,30). The van der Waals surface area contributed by atoms with E-state index in [1.807, 2.05) is 24.3 Å². The number of nitrogens with one attached hydrogen (secondary N) is 1. The van der Waals surface area contributed by atoms with E-state index in [-0.39, 0.29) is 11.8 Å². The van der Waals surface area contributed by atoms with E-state index in [0.717, 1.165) is 22.4 Å². The molecule has 178 valence electrons. The highest BCUT2D eigenvalue weighted by Gasteiger charge is 2.21. The van der Waals surface area contributed by atoms with Gasteiger partial charge in [-0.3, -0.25) is 0 Å². The summed E-state index contributed by atoms with van der Waals surface area (Å²) in [6.07, 6.45) is 0. The van der Waals surface area contributed by atoms with Gasteiger partial charge in [-0.1, -0.05) is 18.2 Å². The van der Waals surface area contributed by atoms with Crippen LogP contribution in [0.5, 0.6) is 17.2 Å². The van der Waals surface area contributed by atoms with E-state index in [0.29, 0.717) is 50.1 Å². The van der Waals surface area contributed by atoms with Crippen LogP contribution in [0, 0.1) is 5.82 Å². The van der Waals surface area contributed by atoms with Crippen molar-refractivity contribution < 1.29 is 28.1 Å². The molecule has 1 aliphatic rings. The number of urea groups is 1. The predicted molar refractivity (Wildman–Crippen MR) is 126 cm³/mol. The van der Waals surface area contributed by atoms with E-state index < -0.39 is 0 Å². The van der Waals surface area contributed by atoms with Gasteiger partial charge in [-0.05, 0) is 47.5 Å². The van der Waals surface area contributed by atoms with Crippen molar-refractivity contribution in [1.82, 2.24) is 4.90 Å². The van der Waals surface area contributed by atoms with Crippen LogP contribution < -0.4 is 19.5 Å². The average molecular weight is 467 g/mol. The third-order valence-corrected chi connectivity index (χ3v) is 5.45. The zero-order valence-electron chi connectivity index (χ0n) is 19.2. The number of fused-ring (bicyclic) bond motifs is 1. The molecule has 0 radical (unpaired) electrons. The normalized spacial score (nSPS) is 12.9. The van der Waals surface area contributed by atoms with Gasteiger partial charge in [0.15, 0.2) is 11.5 Å². The topological polar surface area (TPSA) is 69.3 Å². The Morgan fingerprint density at radius 3 is 2.56 bits per heavy atom. The number of amides is 2. The van der Waals surface area contributed by atoms with Gasteiger partial charge in [0.05, 0.1) is 40.5 Å². The number of hydrogen-bond acceptors (Lipinski definition) is 5. The smallest absolute Gasteiger partial charge is 0.322 e.